The lowest BCUT2D eigenvalue weighted by atomic mass is 10.2. The quantitative estimate of drug-likeness (QED) is 0.406. The highest BCUT2D eigenvalue weighted by Gasteiger charge is 2.12. The average Bonchev–Trinajstić information content (AvgIpc) is 2.06. The molecule has 0 aliphatic carbocycles. The van der Waals surface area contributed by atoms with Gasteiger partial charge in [0.15, 0.2) is 0 Å². The predicted molar refractivity (Wildman–Crippen MR) is 56.0 cm³/mol. The van der Waals surface area contributed by atoms with E-state index in [-0.39, 0.29) is 17.0 Å². The summed E-state index contributed by atoms with van der Waals surface area (Å²) in [7, 11) is 4.42. The Kier molecular flexibility index (Phi) is 5.85. The second-order valence-corrected chi connectivity index (χ2v) is 4.20. The number of alkyl halides is 1. The van der Waals surface area contributed by atoms with Crippen LogP contribution in [-0.2, 0) is 6.54 Å². The fraction of sp³-hybridized carbons (Fsp3) is 0.400. The number of nitrogens with zero attached hydrogens (tertiary/aromatic N) is 1. The molecule has 0 heterocycles. The molecule has 0 aliphatic heterocycles. The molecule has 0 saturated heterocycles. The van der Waals surface area contributed by atoms with E-state index < -0.39 is 0 Å². The Morgan fingerprint density at radius 2 is 1.69 bits per heavy atom. The molecule has 0 amide bonds. The Balaban J connectivity index is 0.00000144. The third-order valence-electron chi connectivity index (χ3n) is 1.78. The lowest BCUT2D eigenvalue weighted by Gasteiger charge is -2.27. The summed E-state index contributed by atoms with van der Waals surface area (Å²) >= 11 is 3.50. The van der Waals surface area contributed by atoms with Gasteiger partial charge in [-0.05, 0) is 15.9 Å². The third-order valence-corrected chi connectivity index (χ3v) is 3.13. The van der Waals surface area contributed by atoms with Gasteiger partial charge in [0, 0.05) is 5.56 Å². The van der Waals surface area contributed by atoms with Crippen molar-refractivity contribution in [2.24, 2.45) is 0 Å². The Hall–Kier alpha value is 0.140. The fourth-order valence-electron chi connectivity index (χ4n) is 1.12. The third kappa shape index (κ3) is 4.79. The van der Waals surface area contributed by atoms with Crippen molar-refractivity contribution in [1.82, 2.24) is 0 Å². The van der Waals surface area contributed by atoms with Gasteiger partial charge in [-0.25, -0.2) is 0 Å². The molecule has 1 aromatic rings. The summed E-state index contributed by atoms with van der Waals surface area (Å²) in [5, 5.41) is 0. The monoisotopic (exact) mass is 307 g/mol. The van der Waals surface area contributed by atoms with E-state index in [1.54, 1.807) is 0 Å². The molecule has 0 atom stereocenters. The summed E-state index contributed by atoms with van der Waals surface area (Å²) in [6, 6.07) is 10.6. The van der Waals surface area contributed by atoms with Crippen LogP contribution in [0.1, 0.15) is 5.56 Å². The van der Waals surface area contributed by atoms with Crippen molar-refractivity contribution >= 4 is 15.9 Å². The Morgan fingerprint density at radius 1 is 1.15 bits per heavy atom. The van der Waals surface area contributed by atoms with Crippen molar-refractivity contribution in [3.63, 3.8) is 0 Å². The summed E-state index contributed by atoms with van der Waals surface area (Å²) in [6.07, 6.45) is 0. The highest BCUT2D eigenvalue weighted by atomic mass is 79.9. The van der Waals surface area contributed by atoms with Crippen LogP contribution in [-0.4, -0.2) is 24.0 Å². The van der Waals surface area contributed by atoms with Crippen LogP contribution >= 0.6 is 15.9 Å². The van der Waals surface area contributed by atoms with Crippen LogP contribution in [0.4, 0.5) is 0 Å². The van der Waals surface area contributed by atoms with Crippen LogP contribution in [0.2, 0.25) is 0 Å². The maximum Gasteiger partial charge on any atom is 0.134 e. The molecule has 0 unspecified atom stereocenters. The van der Waals surface area contributed by atoms with Gasteiger partial charge in [0.25, 0.3) is 0 Å². The first-order valence-electron chi connectivity index (χ1n) is 4.06. The van der Waals surface area contributed by atoms with E-state index in [2.05, 4.69) is 60.4 Å². The summed E-state index contributed by atoms with van der Waals surface area (Å²) < 4.78 is 0.976. The molecular formula is C10H15Br2N. The summed E-state index contributed by atoms with van der Waals surface area (Å²) in [5.41, 5.74) is 2.38. The Morgan fingerprint density at radius 3 is 2.15 bits per heavy atom. The number of hydrogen-bond donors (Lipinski definition) is 0. The molecule has 0 saturated carbocycles. The molecular weight excluding hydrogens is 294 g/mol. The highest BCUT2D eigenvalue weighted by Crippen LogP contribution is 2.10. The average molecular weight is 309 g/mol. The van der Waals surface area contributed by atoms with Crippen molar-refractivity contribution < 1.29 is 21.5 Å². The van der Waals surface area contributed by atoms with Crippen LogP contribution in [0.3, 0.4) is 0 Å². The second-order valence-electron chi connectivity index (χ2n) is 3.70. The van der Waals surface area contributed by atoms with E-state index in [0.717, 1.165) is 16.5 Å². The standard InChI is InChI=1S/C10H15BrN.BrH/c1-12(2,9-11)8-10-6-4-3-5-7-10;/h3-7H,8-9H2,1-2H3;1H/q+1;/p-1. The minimum Gasteiger partial charge on any atom is -1.00 e. The van der Waals surface area contributed by atoms with Crippen LogP contribution in [0, 0.1) is 0 Å². The first-order chi connectivity index (χ1) is 5.64. The van der Waals surface area contributed by atoms with Crippen molar-refractivity contribution in [2.45, 2.75) is 6.54 Å². The molecule has 0 aromatic heterocycles. The number of hydrogen-bond acceptors (Lipinski definition) is 0. The van der Waals surface area contributed by atoms with Crippen molar-refractivity contribution in [1.29, 1.82) is 0 Å². The molecule has 0 radical (unpaired) electrons. The second kappa shape index (κ2) is 5.78. The fourth-order valence-corrected chi connectivity index (χ4v) is 1.30. The minimum atomic E-state index is 0. The molecule has 13 heavy (non-hydrogen) atoms. The molecule has 1 aromatic carbocycles. The van der Waals surface area contributed by atoms with Gasteiger partial charge < -0.3 is 21.5 Å². The van der Waals surface area contributed by atoms with E-state index in [9.17, 15) is 0 Å². The predicted octanol–water partition coefficient (Wildman–Crippen LogP) is -0.381. The van der Waals surface area contributed by atoms with Gasteiger partial charge in [-0.2, -0.15) is 0 Å². The minimum absolute atomic E-state index is 0. The lowest BCUT2D eigenvalue weighted by molar-refractivity contribution is -0.889. The van der Waals surface area contributed by atoms with Gasteiger partial charge in [-0.1, -0.05) is 30.3 Å². The normalized spacial score (nSPS) is 10.7. The maximum absolute atomic E-state index is 3.50. The lowest BCUT2D eigenvalue weighted by Crippen LogP contribution is -3.00. The Labute approximate surface area is 99.2 Å². The van der Waals surface area contributed by atoms with E-state index in [1.807, 2.05) is 0 Å². The first-order valence-corrected chi connectivity index (χ1v) is 5.18. The molecule has 1 rings (SSSR count). The van der Waals surface area contributed by atoms with Gasteiger partial charge in [0.1, 0.15) is 12.0 Å². The zero-order valence-corrected chi connectivity index (χ0v) is 11.2. The summed E-state index contributed by atoms with van der Waals surface area (Å²) in [6.45, 7) is 1.08. The van der Waals surface area contributed by atoms with Gasteiger partial charge in [0.05, 0.1) is 14.1 Å². The number of halogens is 2. The zero-order chi connectivity index (χ0) is 9.03. The number of rotatable bonds is 3. The molecule has 0 N–H and O–H groups in total. The molecule has 1 nitrogen and oxygen atoms in total. The summed E-state index contributed by atoms with van der Waals surface area (Å²) in [4.78, 5) is 0. The largest absolute Gasteiger partial charge is 1.00 e. The molecule has 0 aliphatic rings. The smallest absolute Gasteiger partial charge is 0.134 e. The van der Waals surface area contributed by atoms with Crippen LogP contribution < -0.4 is 17.0 Å². The summed E-state index contributed by atoms with van der Waals surface area (Å²) in [5.74, 6) is 0. The van der Waals surface area contributed by atoms with Crippen molar-refractivity contribution in [3.8, 4) is 0 Å². The van der Waals surface area contributed by atoms with E-state index in [4.69, 9.17) is 0 Å². The van der Waals surface area contributed by atoms with Crippen LogP contribution in [0.15, 0.2) is 30.3 Å². The first kappa shape index (κ1) is 13.1. The van der Waals surface area contributed by atoms with Crippen LogP contribution in [0.5, 0.6) is 0 Å². The van der Waals surface area contributed by atoms with E-state index >= 15 is 0 Å². The Bertz CT molecular complexity index is 234. The molecule has 74 valence electrons. The molecule has 0 fully saturated rings. The molecule has 0 spiro atoms. The van der Waals surface area contributed by atoms with E-state index in [0.29, 0.717) is 0 Å². The van der Waals surface area contributed by atoms with Crippen molar-refractivity contribution in [2.75, 3.05) is 19.5 Å². The van der Waals surface area contributed by atoms with Gasteiger partial charge in [0.2, 0.25) is 0 Å². The SMILES string of the molecule is C[N+](C)(CBr)Cc1ccccc1.[Br-]. The van der Waals surface area contributed by atoms with Crippen molar-refractivity contribution in [3.05, 3.63) is 35.9 Å². The van der Waals surface area contributed by atoms with Gasteiger partial charge in [-0.15, -0.1) is 0 Å². The van der Waals surface area contributed by atoms with Gasteiger partial charge >= 0.3 is 0 Å². The number of quaternary nitrogens is 1. The van der Waals surface area contributed by atoms with Gasteiger partial charge in [-0.3, -0.25) is 0 Å². The zero-order valence-electron chi connectivity index (χ0n) is 8.00. The molecule has 0 bridgehead atoms. The van der Waals surface area contributed by atoms with E-state index in [1.165, 1.54) is 5.56 Å². The highest BCUT2D eigenvalue weighted by molar-refractivity contribution is 9.09. The van der Waals surface area contributed by atoms with Crippen LogP contribution in [0.25, 0.3) is 0 Å². The topological polar surface area (TPSA) is 0 Å². The number of benzene rings is 1. The maximum atomic E-state index is 3.50. The molecule has 3 heteroatoms.